The molecular weight excluding hydrogens is 204 g/mol. The smallest absolute Gasteiger partial charge is 0.236 e. The van der Waals surface area contributed by atoms with Crippen molar-refractivity contribution in [3.8, 4) is 0 Å². The lowest BCUT2D eigenvalue weighted by Gasteiger charge is -2.24. The third-order valence-corrected chi connectivity index (χ3v) is 2.63. The van der Waals surface area contributed by atoms with Crippen LogP contribution in [0.4, 0.5) is 0 Å². The normalized spacial score (nSPS) is 15.5. The molecule has 0 heterocycles. The molecule has 0 unspecified atom stereocenters. The fraction of sp³-hybridized carbons (Fsp3) is 0.917. The van der Waals surface area contributed by atoms with E-state index in [0.29, 0.717) is 25.1 Å². The molecule has 4 nitrogen and oxygen atoms in total. The van der Waals surface area contributed by atoms with Crippen LogP contribution in [0.5, 0.6) is 0 Å². The highest BCUT2D eigenvalue weighted by molar-refractivity contribution is 5.78. The van der Waals surface area contributed by atoms with E-state index in [4.69, 9.17) is 4.74 Å². The first-order chi connectivity index (χ1) is 7.65. The highest BCUT2D eigenvalue weighted by Gasteiger charge is 2.32. The monoisotopic (exact) mass is 228 g/mol. The number of nitrogens with zero attached hydrogens (tertiary/aromatic N) is 1. The zero-order valence-corrected chi connectivity index (χ0v) is 10.7. The topological polar surface area (TPSA) is 41.6 Å². The minimum absolute atomic E-state index is 0.229. The van der Waals surface area contributed by atoms with Gasteiger partial charge in [0, 0.05) is 26.2 Å². The van der Waals surface area contributed by atoms with E-state index in [1.807, 2.05) is 4.90 Å². The molecule has 1 rings (SSSR count). The van der Waals surface area contributed by atoms with Gasteiger partial charge < -0.3 is 15.0 Å². The fourth-order valence-electron chi connectivity index (χ4n) is 1.71. The van der Waals surface area contributed by atoms with Crippen LogP contribution < -0.4 is 5.32 Å². The first-order valence-electron chi connectivity index (χ1n) is 6.14. The van der Waals surface area contributed by atoms with E-state index in [1.54, 1.807) is 7.11 Å². The number of methoxy groups -OCH3 is 1. The van der Waals surface area contributed by atoms with Gasteiger partial charge in [-0.05, 0) is 18.8 Å². The number of amides is 1. The molecule has 0 aromatic heterocycles. The quantitative estimate of drug-likeness (QED) is 0.627. The molecule has 0 aliphatic heterocycles. The Kier molecular flexibility index (Phi) is 5.77. The fourth-order valence-corrected chi connectivity index (χ4v) is 1.71. The molecule has 1 amide bonds. The first-order valence-corrected chi connectivity index (χ1v) is 6.14. The maximum atomic E-state index is 11.9. The summed E-state index contributed by atoms with van der Waals surface area (Å²) in [7, 11) is 1.67. The van der Waals surface area contributed by atoms with Crippen molar-refractivity contribution in [2.45, 2.75) is 32.7 Å². The van der Waals surface area contributed by atoms with Crippen LogP contribution in [-0.2, 0) is 9.53 Å². The van der Waals surface area contributed by atoms with Crippen molar-refractivity contribution in [1.29, 1.82) is 0 Å². The van der Waals surface area contributed by atoms with Crippen LogP contribution >= 0.6 is 0 Å². The second kappa shape index (κ2) is 6.86. The number of hydrogen-bond donors (Lipinski definition) is 1. The lowest BCUT2D eigenvalue weighted by atomic mass is 10.2. The Morgan fingerprint density at radius 3 is 2.69 bits per heavy atom. The molecule has 0 bridgehead atoms. The third kappa shape index (κ3) is 4.94. The Hall–Kier alpha value is -0.610. The minimum Gasteiger partial charge on any atom is -0.383 e. The van der Waals surface area contributed by atoms with Crippen molar-refractivity contribution in [1.82, 2.24) is 10.2 Å². The number of carbonyl (C=O) groups excluding carboxylic acids is 1. The lowest BCUT2D eigenvalue weighted by Crippen LogP contribution is -2.42. The molecule has 16 heavy (non-hydrogen) atoms. The van der Waals surface area contributed by atoms with E-state index < -0.39 is 0 Å². The van der Waals surface area contributed by atoms with Crippen LogP contribution in [0.3, 0.4) is 0 Å². The second-order valence-corrected chi connectivity index (χ2v) is 4.84. The summed E-state index contributed by atoms with van der Waals surface area (Å²) in [5.74, 6) is 0.774. The summed E-state index contributed by atoms with van der Waals surface area (Å²) in [5.41, 5.74) is 0. The van der Waals surface area contributed by atoms with Gasteiger partial charge in [0.15, 0.2) is 0 Å². The third-order valence-electron chi connectivity index (χ3n) is 2.63. The van der Waals surface area contributed by atoms with Gasteiger partial charge in [0.25, 0.3) is 0 Å². The summed E-state index contributed by atoms with van der Waals surface area (Å²) in [4.78, 5) is 14.0. The molecule has 94 valence electrons. The van der Waals surface area contributed by atoms with Gasteiger partial charge >= 0.3 is 0 Å². The largest absolute Gasteiger partial charge is 0.383 e. The Balaban J connectivity index is 2.24. The van der Waals surface area contributed by atoms with Gasteiger partial charge in [0.2, 0.25) is 5.91 Å². The molecule has 1 aliphatic carbocycles. The van der Waals surface area contributed by atoms with E-state index >= 15 is 0 Å². The van der Waals surface area contributed by atoms with E-state index in [0.717, 1.165) is 13.1 Å². The molecule has 1 aliphatic rings. The average Bonchev–Trinajstić information content (AvgIpc) is 3.04. The SMILES string of the molecule is COCCNCC(=O)N(CC(C)C)C1CC1. The standard InChI is InChI=1S/C12H24N2O2/c1-10(2)9-14(11-4-5-11)12(15)8-13-6-7-16-3/h10-11,13H,4-9H2,1-3H3. The molecule has 4 heteroatoms. The highest BCUT2D eigenvalue weighted by Crippen LogP contribution is 2.27. The molecule has 0 spiro atoms. The summed E-state index contributed by atoms with van der Waals surface area (Å²) >= 11 is 0. The van der Waals surface area contributed by atoms with Crippen molar-refractivity contribution in [2.24, 2.45) is 5.92 Å². The minimum atomic E-state index is 0.229. The number of carbonyl (C=O) groups is 1. The summed E-state index contributed by atoms with van der Waals surface area (Å²) < 4.78 is 4.92. The average molecular weight is 228 g/mol. The zero-order chi connectivity index (χ0) is 12.0. The number of nitrogens with one attached hydrogen (secondary N) is 1. The Bertz CT molecular complexity index is 215. The molecule has 0 aromatic rings. The van der Waals surface area contributed by atoms with Gasteiger partial charge in [-0.1, -0.05) is 13.8 Å². The maximum Gasteiger partial charge on any atom is 0.236 e. The lowest BCUT2D eigenvalue weighted by molar-refractivity contribution is -0.131. The molecule has 0 saturated heterocycles. The molecule has 1 N–H and O–H groups in total. The molecule has 0 aromatic carbocycles. The van der Waals surface area contributed by atoms with E-state index in [-0.39, 0.29) is 5.91 Å². The summed E-state index contributed by atoms with van der Waals surface area (Å²) in [5, 5.41) is 3.11. The highest BCUT2D eigenvalue weighted by atomic mass is 16.5. The Labute approximate surface area is 98.3 Å². The summed E-state index contributed by atoms with van der Waals surface area (Å²) in [6.45, 7) is 7.02. The van der Waals surface area contributed by atoms with Gasteiger partial charge in [-0.15, -0.1) is 0 Å². The van der Waals surface area contributed by atoms with Crippen LogP contribution in [0.1, 0.15) is 26.7 Å². The molecule has 0 radical (unpaired) electrons. The van der Waals surface area contributed by atoms with E-state index in [1.165, 1.54) is 12.8 Å². The van der Waals surface area contributed by atoms with E-state index in [2.05, 4.69) is 19.2 Å². The van der Waals surface area contributed by atoms with Crippen molar-refractivity contribution < 1.29 is 9.53 Å². The second-order valence-electron chi connectivity index (χ2n) is 4.84. The van der Waals surface area contributed by atoms with Gasteiger partial charge in [-0.25, -0.2) is 0 Å². The number of ether oxygens (including phenoxy) is 1. The van der Waals surface area contributed by atoms with E-state index in [9.17, 15) is 4.79 Å². The van der Waals surface area contributed by atoms with Crippen molar-refractivity contribution >= 4 is 5.91 Å². The van der Waals surface area contributed by atoms with Crippen LogP contribution in [-0.4, -0.2) is 50.2 Å². The van der Waals surface area contributed by atoms with Gasteiger partial charge in [0.1, 0.15) is 0 Å². The summed E-state index contributed by atoms with van der Waals surface area (Å²) in [6.07, 6.45) is 2.35. The van der Waals surface area contributed by atoms with Crippen molar-refractivity contribution in [2.75, 3.05) is 33.4 Å². The van der Waals surface area contributed by atoms with Gasteiger partial charge in [-0.2, -0.15) is 0 Å². The van der Waals surface area contributed by atoms with Crippen molar-refractivity contribution in [3.63, 3.8) is 0 Å². The van der Waals surface area contributed by atoms with Crippen molar-refractivity contribution in [3.05, 3.63) is 0 Å². The predicted molar refractivity (Wildman–Crippen MR) is 64.3 cm³/mol. The van der Waals surface area contributed by atoms with Crippen LogP contribution in [0, 0.1) is 5.92 Å². The summed E-state index contributed by atoms with van der Waals surface area (Å²) in [6, 6.07) is 0.513. The number of hydrogen-bond acceptors (Lipinski definition) is 3. The molecular formula is C12H24N2O2. The Morgan fingerprint density at radius 1 is 1.50 bits per heavy atom. The Morgan fingerprint density at radius 2 is 2.19 bits per heavy atom. The molecule has 1 fully saturated rings. The predicted octanol–water partition coefficient (Wildman–Crippen LogP) is 0.869. The zero-order valence-electron chi connectivity index (χ0n) is 10.7. The van der Waals surface area contributed by atoms with Gasteiger partial charge in [-0.3, -0.25) is 4.79 Å². The van der Waals surface area contributed by atoms with Crippen LogP contribution in [0.2, 0.25) is 0 Å². The number of rotatable bonds is 8. The van der Waals surface area contributed by atoms with Gasteiger partial charge in [0.05, 0.1) is 13.2 Å². The van der Waals surface area contributed by atoms with Crippen LogP contribution in [0.15, 0.2) is 0 Å². The maximum absolute atomic E-state index is 11.9. The first kappa shape index (κ1) is 13.5. The van der Waals surface area contributed by atoms with Crippen LogP contribution in [0.25, 0.3) is 0 Å². The molecule has 1 saturated carbocycles. The molecule has 0 atom stereocenters.